The lowest BCUT2D eigenvalue weighted by Gasteiger charge is -2.45. The van der Waals surface area contributed by atoms with Gasteiger partial charge in [0, 0.05) is 0 Å². The highest BCUT2D eigenvalue weighted by molar-refractivity contribution is 5.37. The van der Waals surface area contributed by atoms with E-state index in [1.807, 2.05) is 0 Å². The molecule has 0 spiro atoms. The summed E-state index contributed by atoms with van der Waals surface area (Å²) in [5.74, 6) is 2.82. The molecule has 0 nitrogen and oxygen atoms in total. The molecule has 0 aliphatic heterocycles. The fourth-order valence-electron chi connectivity index (χ4n) is 6.58. The van der Waals surface area contributed by atoms with Crippen LogP contribution >= 0.6 is 0 Å². The summed E-state index contributed by atoms with van der Waals surface area (Å²) in [4.78, 5) is 0. The molecular weight excluding hydrogens is 364 g/mol. The van der Waals surface area contributed by atoms with Crippen LogP contribution in [0.1, 0.15) is 81.4 Å². The highest BCUT2D eigenvalue weighted by atomic mass is 19.4. The maximum absolute atomic E-state index is 14.4. The smallest absolute Gasteiger partial charge is 0.206 e. The van der Waals surface area contributed by atoms with Crippen LogP contribution in [0.4, 0.5) is 17.6 Å². The minimum Gasteiger partial charge on any atom is -0.206 e. The Hall–Kier alpha value is -1.06. The van der Waals surface area contributed by atoms with Gasteiger partial charge in [-0.05, 0) is 98.1 Å². The molecule has 1 aromatic carbocycles. The molecule has 156 valence electrons. The fraction of sp³-hybridized carbons (Fsp3) is 0.750. The second-order valence-corrected chi connectivity index (χ2v) is 9.63. The molecule has 0 amide bonds. The minimum atomic E-state index is -4.61. The summed E-state index contributed by atoms with van der Waals surface area (Å²) in [5, 5.41) is 0. The molecule has 0 N–H and O–H groups in total. The first-order valence-corrected chi connectivity index (χ1v) is 11.2. The van der Waals surface area contributed by atoms with Gasteiger partial charge < -0.3 is 0 Å². The number of halogens is 4. The van der Waals surface area contributed by atoms with Crippen molar-refractivity contribution in [1.82, 2.24) is 0 Å². The lowest BCUT2D eigenvalue weighted by molar-refractivity contribution is -0.140. The van der Waals surface area contributed by atoms with Gasteiger partial charge in [0.2, 0.25) is 0 Å². The Bertz CT molecular complexity index is 693. The van der Waals surface area contributed by atoms with E-state index in [1.54, 1.807) is 0 Å². The zero-order chi connectivity index (χ0) is 19.9. The Labute approximate surface area is 166 Å². The highest BCUT2D eigenvalue weighted by Gasteiger charge is 2.40. The molecule has 1 aromatic rings. The summed E-state index contributed by atoms with van der Waals surface area (Å²) >= 11 is 0. The lowest BCUT2D eigenvalue weighted by atomic mass is 9.61. The molecule has 28 heavy (non-hydrogen) atoms. The zero-order valence-electron chi connectivity index (χ0n) is 16.8. The van der Waals surface area contributed by atoms with Crippen molar-refractivity contribution in [2.45, 2.75) is 83.7 Å². The molecule has 2 saturated carbocycles. The first kappa shape index (κ1) is 20.2. The predicted molar refractivity (Wildman–Crippen MR) is 103 cm³/mol. The van der Waals surface area contributed by atoms with Gasteiger partial charge in [0.1, 0.15) is 5.82 Å². The van der Waals surface area contributed by atoms with E-state index in [0.717, 1.165) is 42.2 Å². The van der Waals surface area contributed by atoms with Gasteiger partial charge in [-0.2, -0.15) is 13.2 Å². The van der Waals surface area contributed by atoms with Crippen molar-refractivity contribution >= 4 is 0 Å². The van der Waals surface area contributed by atoms with Crippen LogP contribution in [0.2, 0.25) is 0 Å². The molecule has 0 aromatic heterocycles. The molecule has 4 rings (SSSR count). The number of fused-ring (bicyclic) bond motifs is 2. The molecule has 0 radical (unpaired) electrons. The minimum absolute atomic E-state index is 0.319. The van der Waals surface area contributed by atoms with E-state index in [2.05, 4.69) is 6.92 Å². The third-order valence-corrected chi connectivity index (χ3v) is 8.02. The standard InChI is InChI=1S/C24H32F4/c1-2-3-15-4-5-17-13-18(7-6-16(17)12-15)19-8-10-21-20(14-19)9-11-22(23(21)25)24(26,27)28/h9,11,15-19H,2-8,10,12-14H2,1H3. The maximum Gasteiger partial charge on any atom is 0.419 e. The van der Waals surface area contributed by atoms with Gasteiger partial charge in [-0.25, -0.2) is 4.39 Å². The number of hydrogen-bond donors (Lipinski definition) is 0. The summed E-state index contributed by atoms with van der Waals surface area (Å²) in [6.45, 7) is 2.28. The van der Waals surface area contributed by atoms with E-state index in [9.17, 15) is 17.6 Å². The second-order valence-electron chi connectivity index (χ2n) is 9.63. The third kappa shape index (κ3) is 3.98. The monoisotopic (exact) mass is 396 g/mol. The maximum atomic E-state index is 14.4. The Morgan fingerprint density at radius 1 is 0.893 bits per heavy atom. The summed E-state index contributed by atoms with van der Waals surface area (Å²) in [6, 6.07) is 2.48. The van der Waals surface area contributed by atoms with Gasteiger partial charge in [0.05, 0.1) is 5.56 Å². The van der Waals surface area contributed by atoms with Crippen molar-refractivity contribution in [3.63, 3.8) is 0 Å². The van der Waals surface area contributed by atoms with Crippen molar-refractivity contribution in [3.05, 3.63) is 34.6 Å². The molecule has 4 heteroatoms. The molecule has 3 aliphatic carbocycles. The fourth-order valence-corrected chi connectivity index (χ4v) is 6.58. The van der Waals surface area contributed by atoms with E-state index in [4.69, 9.17) is 0 Å². The summed E-state index contributed by atoms with van der Waals surface area (Å²) in [5.41, 5.74) is 0.0319. The van der Waals surface area contributed by atoms with Crippen LogP contribution in [0.15, 0.2) is 12.1 Å². The van der Waals surface area contributed by atoms with Crippen molar-refractivity contribution < 1.29 is 17.6 Å². The molecule has 0 saturated heterocycles. The topological polar surface area (TPSA) is 0 Å². The molecule has 5 atom stereocenters. The van der Waals surface area contributed by atoms with Gasteiger partial charge in [-0.15, -0.1) is 0 Å². The first-order valence-electron chi connectivity index (χ1n) is 11.2. The molecule has 5 unspecified atom stereocenters. The van der Waals surface area contributed by atoms with Gasteiger partial charge in [0.15, 0.2) is 0 Å². The molecular formula is C24H32F4. The number of benzene rings is 1. The quantitative estimate of drug-likeness (QED) is 0.462. The average Bonchev–Trinajstić information content (AvgIpc) is 2.67. The van der Waals surface area contributed by atoms with Crippen LogP contribution in [0.5, 0.6) is 0 Å². The van der Waals surface area contributed by atoms with E-state index < -0.39 is 17.6 Å². The van der Waals surface area contributed by atoms with Crippen LogP contribution in [-0.2, 0) is 19.0 Å². The Kier molecular flexibility index (Phi) is 5.77. The molecule has 3 aliphatic rings. The van der Waals surface area contributed by atoms with Crippen molar-refractivity contribution in [2.75, 3.05) is 0 Å². The Balaban J connectivity index is 1.41. The predicted octanol–water partition coefficient (Wildman–Crippen LogP) is 7.58. The zero-order valence-corrected chi connectivity index (χ0v) is 16.8. The van der Waals surface area contributed by atoms with Crippen LogP contribution in [-0.4, -0.2) is 0 Å². The van der Waals surface area contributed by atoms with E-state index in [-0.39, 0.29) is 0 Å². The summed E-state index contributed by atoms with van der Waals surface area (Å²) in [6.07, 6.45) is 8.11. The Morgan fingerprint density at radius 2 is 1.57 bits per heavy atom. The first-order chi connectivity index (χ1) is 13.4. The second kappa shape index (κ2) is 7.99. The lowest BCUT2D eigenvalue weighted by Crippen LogP contribution is -2.35. The van der Waals surface area contributed by atoms with E-state index in [0.29, 0.717) is 23.8 Å². The SMILES string of the molecule is CCCC1CCC2CC(C3CCc4c(ccc(C(F)(F)F)c4F)C3)CCC2C1. The van der Waals surface area contributed by atoms with Crippen LogP contribution in [0.25, 0.3) is 0 Å². The van der Waals surface area contributed by atoms with Crippen molar-refractivity contribution in [3.8, 4) is 0 Å². The van der Waals surface area contributed by atoms with Crippen LogP contribution in [0, 0.1) is 35.4 Å². The molecule has 0 bridgehead atoms. The van der Waals surface area contributed by atoms with Crippen LogP contribution in [0.3, 0.4) is 0 Å². The normalized spacial score (nSPS) is 33.2. The Morgan fingerprint density at radius 3 is 2.29 bits per heavy atom. The van der Waals surface area contributed by atoms with Gasteiger partial charge in [0.25, 0.3) is 0 Å². The van der Waals surface area contributed by atoms with Crippen molar-refractivity contribution in [2.24, 2.45) is 29.6 Å². The summed E-state index contributed by atoms with van der Waals surface area (Å²) in [7, 11) is 0. The van der Waals surface area contributed by atoms with Gasteiger partial charge >= 0.3 is 6.18 Å². The molecule has 0 heterocycles. The third-order valence-electron chi connectivity index (χ3n) is 8.02. The van der Waals surface area contributed by atoms with E-state index in [1.165, 1.54) is 57.4 Å². The largest absolute Gasteiger partial charge is 0.419 e. The van der Waals surface area contributed by atoms with Crippen molar-refractivity contribution in [1.29, 1.82) is 0 Å². The number of hydrogen-bond acceptors (Lipinski definition) is 0. The average molecular weight is 397 g/mol. The molecule has 2 fully saturated rings. The number of alkyl halides is 3. The van der Waals surface area contributed by atoms with Crippen LogP contribution < -0.4 is 0 Å². The van der Waals surface area contributed by atoms with E-state index >= 15 is 0 Å². The summed E-state index contributed by atoms with van der Waals surface area (Å²) < 4.78 is 53.4. The highest BCUT2D eigenvalue weighted by Crippen LogP contribution is 2.49. The van der Waals surface area contributed by atoms with Gasteiger partial charge in [-0.3, -0.25) is 0 Å². The van der Waals surface area contributed by atoms with Gasteiger partial charge in [-0.1, -0.05) is 32.3 Å². The number of rotatable bonds is 3.